The second kappa shape index (κ2) is 8.49. The van der Waals surface area contributed by atoms with Crippen molar-refractivity contribution in [2.45, 2.75) is 26.1 Å². The molecule has 0 bridgehead atoms. The lowest BCUT2D eigenvalue weighted by Gasteiger charge is -2.35. The van der Waals surface area contributed by atoms with Crippen LogP contribution in [0.25, 0.3) is 10.6 Å². The molecule has 0 spiro atoms. The first-order valence-corrected chi connectivity index (χ1v) is 9.54. The van der Waals surface area contributed by atoms with Gasteiger partial charge in [-0.1, -0.05) is 0 Å². The summed E-state index contributed by atoms with van der Waals surface area (Å²) in [5.74, 6) is -0.0788. The summed E-state index contributed by atoms with van der Waals surface area (Å²) in [5, 5.41) is 2.33. The van der Waals surface area contributed by atoms with Gasteiger partial charge in [0.2, 0.25) is 0 Å². The monoisotopic (exact) mass is 390 g/mol. The van der Waals surface area contributed by atoms with Crippen molar-refractivity contribution in [2.75, 3.05) is 26.8 Å². The van der Waals surface area contributed by atoms with Crippen LogP contribution in [0.15, 0.2) is 29.6 Å². The van der Waals surface area contributed by atoms with Crippen molar-refractivity contribution in [3.63, 3.8) is 0 Å². The number of methoxy groups -OCH3 is 1. The van der Waals surface area contributed by atoms with E-state index in [1.165, 1.54) is 11.3 Å². The van der Waals surface area contributed by atoms with E-state index in [4.69, 9.17) is 14.2 Å². The number of aromatic nitrogens is 1. The van der Waals surface area contributed by atoms with E-state index in [9.17, 15) is 9.59 Å². The fourth-order valence-electron chi connectivity index (χ4n) is 2.91. The molecular formula is C19H22N2O5S. The molecule has 2 aromatic rings. The maximum Gasteiger partial charge on any atom is 0.358 e. The molecule has 0 saturated carbocycles. The number of carbonyl (C=O) groups is 2. The number of carbonyl (C=O) groups excluding carboxylic acids is 2. The molecule has 2 heterocycles. The van der Waals surface area contributed by atoms with Crippen LogP contribution < -0.4 is 4.74 Å². The first kappa shape index (κ1) is 19.3. The van der Waals surface area contributed by atoms with E-state index in [-0.39, 0.29) is 30.4 Å². The second-order valence-electron chi connectivity index (χ2n) is 6.40. The van der Waals surface area contributed by atoms with Gasteiger partial charge in [0.05, 0.1) is 19.3 Å². The maximum absolute atomic E-state index is 12.3. The number of thiazole rings is 1. The summed E-state index contributed by atoms with van der Waals surface area (Å²) in [6, 6.07) is 7.41. The molecule has 144 valence electrons. The summed E-state index contributed by atoms with van der Waals surface area (Å²) in [7, 11) is 1.60. The van der Waals surface area contributed by atoms with Crippen molar-refractivity contribution in [3.05, 3.63) is 35.3 Å². The van der Waals surface area contributed by atoms with Gasteiger partial charge < -0.3 is 19.1 Å². The van der Waals surface area contributed by atoms with Gasteiger partial charge >= 0.3 is 5.97 Å². The van der Waals surface area contributed by atoms with Crippen molar-refractivity contribution in [1.82, 2.24) is 9.88 Å². The number of nitrogens with zero attached hydrogens (tertiary/aromatic N) is 2. The lowest BCUT2D eigenvalue weighted by Crippen LogP contribution is -2.49. The number of ether oxygens (including phenoxy) is 3. The average molecular weight is 390 g/mol. The van der Waals surface area contributed by atoms with Crippen LogP contribution in [0, 0.1) is 0 Å². The van der Waals surface area contributed by atoms with E-state index in [0.717, 1.165) is 11.3 Å². The zero-order valence-corrected chi connectivity index (χ0v) is 16.3. The van der Waals surface area contributed by atoms with Crippen LogP contribution in [-0.2, 0) is 14.3 Å². The SMILES string of the molecule is COc1ccc(-c2nc(C(=O)OCC(=O)N3C[C@H](C)O[C@@H](C)C3)cs2)cc1. The van der Waals surface area contributed by atoms with Gasteiger partial charge in [-0.2, -0.15) is 0 Å². The lowest BCUT2D eigenvalue weighted by molar-refractivity contribution is -0.146. The Morgan fingerprint density at radius 1 is 1.22 bits per heavy atom. The molecule has 0 radical (unpaired) electrons. The molecule has 1 amide bonds. The fraction of sp³-hybridized carbons (Fsp3) is 0.421. The van der Waals surface area contributed by atoms with Crippen molar-refractivity contribution >= 4 is 23.2 Å². The molecule has 0 unspecified atom stereocenters. The molecule has 27 heavy (non-hydrogen) atoms. The predicted molar refractivity (Wildman–Crippen MR) is 101 cm³/mol. The first-order valence-electron chi connectivity index (χ1n) is 8.66. The molecule has 1 saturated heterocycles. The van der Waals surface area contributed by atoms with E-state index >= 15 is 0 Å². The molecule has 8 heteroatoms. The molecular weight excluding hydrogens is 368 g/mol. The Morgan fingerprint density at radius 2 is 1.89 bits per heavy atom. The maximum atomic E-state index is 12.3. The van der Waals surface area contributed by atoms with Gasteiger partial charge in [0.1, 0.15) is 10.8 Å². The third-order valence-corrected chi connectivity index (χ3v) is 5.04. The molecule has 1 aromatic carbocycles. The van der Waals surface area contributed by atoms with E-state index in [1.807, 2.05) is 38.1 Å². The minimum absolute atomic E-state index is 0.0287. The highest BCUT2D eigenvalue weighted by atomic mass is 32.1. The molecule has 0 aliphatic carbocycles. The number of morpholine rings is 1. The minimum Gasteiger partial charge on any atom is -0.497 e. The van der Waals surface area contributed by atoms with Crippen LogP contribution in [0.2, 0.25) is 0 Å². The first-order chi connectivity index (χ1) is 13.0. The highest BCUT2D eigenvalue weighted by molar-refractivity contribution is 7.13. The van der Waals surface area contributed by atoms with Crippen LogP contribution in [0.1, 0.15) is 24.3 Å². The van der Waals surface area contributed by atoms with Crippen molar-refractivity contribution in [1.29, 1.82) is 0 Å². The summed E-state index contributed by atoms with van der Waals surface area (Å²) in [4.78, 5) is 30.5. The Hall–Kier alpha value is -2.45. The summed E-state index contributed by atoms with van der Waals surface area (Å²) < 4.78 is 15.9. The lowest BCUT2D eigenvalue weighted by atomic mass is 10.2. The van der Waals surface area contributed by atoms with Crippen molar-refractivity contribution in [2.24, 2.45) is 0 Å². The quantitative estimate of drug-likeness (QED) is 0.731. The van der Waals surface area contributed by atoms with E-state index in [0.29, 0.717) is 18.1 Å². The minimum atomic E-state index is -0.603. The number of amides is 1. The predicted octanol–water partition coefficient (Wildman–Crippen LogP) is 2.61. The number of rotatable bonds is 5. The summed E-state index contributed by atoms with van der Waals surface area (Å²) in [5.41, 5.74) is 1.08. The summed E-state index contributed by atoms with van der Waals surface area (Å²) in [6.45, 7) is 4.53. The van der Waals surface area contributed by atoms with Gasteiger partial charge in [0, 0.05) is 24.0 Å². The molecule has 7 nitrogen and oxygen atoms in total. The van der Waals surface area contributed by atoms with Crippen molar-refractivity contribution < 1.29 is 23.8 Å². The van der Waals surface area contributed by atoms with Crippen LogP contribution >= 0.6 is 11.3 Å². The standard InChI is InChI=1S/C19H22N2O5S/c1-12-8-21(9-13(2)26-12)17(22)10-25-19(23)16-11-27-18(20-16)14-4-6-15(24-3)7-5-14/h4-7,11-13H,8-10H2,1-3H3/t12-,13-/m0/s1. The molecule has 3 rings (SSSR count). The van der Waals surface area contributed by atoms with Crippen LogP contribution in [0.5, 0.6) is 5.75 Å². The highest BCUT2D eigenvalue weighted by Gasteiger charge is 2.26. The third-order valence-electron chi connectivity index (χ3n) is 4.15. The highest BCUT2D eigenvalue weighted by Crippen LogP contribution is 2.26. The van der Waals surface area contributed by atoms with Crippen LogP contribution in [-0.4, -0.2) is 60.8 Å². The Morgan fingerprint density at radius 3 is 2.52 bits per heavy atom. The topological polar surface area (TPSA) is 78.0 Å². The zero-order valence-electron chi connectivity index (χ0n) is 15.5. The van der Waals surface area contributed by atoms with Crippen LogP contribution in [0.3, 0.4) is 0 Å². The normalized spacial score (nSPS) is 19.6. The number of hydrogen-bond acceptors (Lipinski definition) is 7. The Labute approximate surface area is 161 Å². The molecule has 1 aromatic heterocycles. The molecule has 1 fully saturated rings. The molecule has 1 aliphatic rings. The fourth-order valence-corrected chi connectivity index (χ4v) is 3.70. The number of benzene rings is 1. The van der Waals surface area contributed by atoms with Crippen LogP contribution in [0.4, 0.5) is 0 Å². The largest absolute Gasteiger partial charge is 0.497 e. The van der Waals surface area contributed by atoms with Gasteiger partial charge in [0.15, 0.2) is 12.3 Å². The second-order valence-corrected chi connectivity index (χ2v) is 7.26. The zero-order chi connectivity index (χ0) is 19.4. The van der Waals surface area contributed by atoms with E-state index in [2.05, 4.69) is 4.98 Å². The third kappa shape index (κ3) is 4.84. The Kier molecular flexibility index (Phi) is 6.08. The molecule has 0 N–H and O–H groups in total. The van der Waals surface area contributed by atoms with Gasteiger partial charge in [-0.3, -0.25) is 4.79 Å². The van der Waals surface area contributed by atoms with Crippen molar-refractivity contribution in [3.8, 4) is 16.3 Å². The Bertz CT molecular complexity index is 795. The van der Waals surface area contributed by atoms with Gasteiger partial charge in [-0.05, 0) is 38.1 Å². The Balaban J connectivity index is 1.57. The van der Waals surface area contributed by atoms with Gasteiger partial charge in [0.25, 0.3) is 5.91 Å². The molecule has 1 aliphatic heterocycles. The van der Waals surface area contributed by atoms with E-state index in [1.54, 1.807) is 17.4 Å². The van der Waals surface area contributed by atoms with Gasteiger partial charge in [-0.25, -0.2) is 9.78 Å². The number of esters is 1. The summed E-state index contributed by atoms with van der Waals surface area (Å²) in [6.07, 6.45) is -0.0574. The molecule has 2 atom stereocenters. The van der Waals surface area contributed by atoms with Gasteiger partial charge in [-0.15, -0.1) is 11.3 Å². The average Bonchev–Trinajstić information content (AvgIpc) is 3.15. The summed E-state index contributed by atoms with van der Waals surface area (Å²) >= 11 is 1.34. The number of hydrogen-bond donors (Lipinski definition) is 0. The van der Waals surface area contributed by atoms with E-state index < -0.39 is 5.97 Å². The smallest absolute Gasteiger partial charge is 0.358 e.